The number of aromatic nitrogens is 8. The molecule has 6 heterocycles. The largest absolute Gasteiger partial charge is 0.443 e. The highest BCUT2D eigenvalue weighted by Crippen LogP contribution is 2.46. The smallest absolute Gasteiger partial charge is 0.420 e. The molecule has 2 N–H and O–H groups in total. The first-order chi connectivity index (χ1) is 36.4. The molecule has 4 aromatic carbocycles. The Morgan fingerprint density at radius 2 is 1.27 bits per heavy atom. The molecule has 1 unspecified atom stereocenters. The molecule has 2 aliphatic rings. The Morgan fingerprint density at radius 3 is 1.79 bits per heavy atom. The van der Waals surface area contributed by atoms with Gasteiger partial charge in [0.2, 0.25) is 0 Å². The number of aliphatic hydroxyl groups is 1. The second kappa shape index (κ2) is 22.6. The number of carbonyl (C=O) groups excluding carboxylic acids is 2. The Labute approximate surface area is 463 Å². The number of nitrogens with one attached hydrogen (secondary N) is 1. The van der Waals surface area contributed by atoms with Crippen LogP contribution in [0, 0.1) is 41.5 Å². The van der Waals surface area contributed by atoms with Gasteiger partial charge in [-0.25, -0.2) is 24.3 Å². The number of benzene rings is 4. The number of halogens is 1. The normalized spacial score (nSPS) is 13.8. The lowest BCUT2D eigenvalue weighted by molar-refractivity contribution is 0.0538. The molecule has 2 saturated carbocycles. The van der Waals surface area contributed by atoms with Crippen LogP contribution >= 0.6 is 15.9 Å². The van der Waals surface area contributed by atoms with E-state index in [-0.39, 0.29) is 26.6 Å². The minimum atomic E-state index is -1.50. The van der Waals surface area contributed by atoms with Crippen LogP contribution in [0.1, 0.15) is 152 Å². The topological polar surface area (TPSA) is 188 Å². The molecule has 0 spiro atoms. The van der Waals surface area contributed by atoms with Crippen molar-refractivity contribution in [2.75, 3.05) is 0 Å². The third-order valence-corrected chi connectivity index (χ3v) is 14.5. The first-order valence-corrected chi connectivity index (χ1v) is 26.3. The number of hydrogen-bond donors (Lipinski definition) is 2. The van der Waals surface area contributed by atoms with Crippen molar-refractivity contribution in [2.45, 2.75) is 126 Å². The fourth-order valence-corrected chi connectivity index (χ4v) is 9.95. The van der Waals surface area contributed by atoms with Crippen molar-refractivity contribution < 1.29 is 28.5 Å². The van der Waals surface area contributed by atoms with E-state index < -0.39 is 17.3 Å². The molecule has 2 aliphatic carbocycles. The van der Waals surface area contributed by atoms with Crippen molar-refractivity contribution in [3.63, 3.8) is 0 Å². The molecule has 1 atom stereocenters. The third kappa shape index (κ3) is 11.3. The molecule has 78 heavy (non-hydrogen) atoms. The van der Waals surface area contributed by atoms with Gasteiger partial charge < -0.3 is 23.9 Å². The highest BCUT2D eigenvalue weighted by Gasteiger charge is 2.41. The fraction of sp³-hybridized carbons (Fsp3) is 0.302. The van der Waals surface area contributed by atoms with Crippen LogP contribution in [0.3, 0.4) is 0 Å². The van der Waals surface area contributed by atoms with Crippen molar-refractivity contribution in [1.29, 1.82) is 0 Å². The number of aromatic amines is 1. The number of rotatable bonds is 9. The average Bonchev–Trinajstić information content (AvgIpc) is 4.46. The number of ketones is 1. The predicted molar refractivity (Wildman–Crippen MR) is 309 cm³/mol. The zero-order valence-electron chi connectivity index (χ0n) is 44.0. The van der Waals surface area contributed by atoms with Crippen LogP contribution in [0.15, 0.2) is 135 Å². The summed E-state index contributed by atoms with van der Waals surface area (Å²) < 4.78 is 19.1. The number of imidazole rings is 2. The number of carbonyl (C=O) groups is 2. The van der Waals surface area contributed by atoms with Crippen molar-refractivity contribution in [3.8, 4) is 22.3 Å². The zero-order chi connectivity index (χ0) is 53.6. The van der Waals surface area contributed by atoms with Crippen molar-refractivity contribution in [1.82, 2.24) is 39.8 Å². The summed E-state index contributed by atoms with van der Waals surface area (Å²) in [6.45, 7) is 17.0. The van der Waals surface area contributed by atoms with Gasteiger partial charge in [-0.15, -0.1) is 0 Å². The Hall–Kier alpha value is -7.88. The molecule has 0 aliphatic heterocycles. The lowest BCUT2D eigenvalue weighted by Gasteiger charge is -2.31. The highest BCUT2D eigenvalue weighted by molar-refractivity contribution is 9.10. The summed E-state index contributed by atoms with van der Waals surface area (Å²) in [6, 6.07) is 34.4. The number of nitrogens with zero attached hydrogens (tertiary/aromatic N) is 7. The Morgan fingerprint density at radius 1 is 0.692 bits per heavy atom. The number of hydrogen-bond acceptors (Lipinski definition) is 12. The van der Waals surface area contributed by atoms with E-state index in [0.29, 0.717) is 56.6 Å². The first kappa shape index (κ1) is 56.3. The van der Waals surface area contributed by atoms with Crippen LogP contribution < -0.4 is 0 Å². The maximum absolute atomic E-state index is 13.7. The van der Waals surface area contributed by atoms with E-state index >= 15 is 0 Å². The van der Waals surface area contributed by atoms with Crippen LogP contribution in [0.5, 0.6) is 0 Å². The van der Waals surface area contributed by atoms with Crippen LogP contribution in [0.25, 0.3) is 44.3 Å². The van der Waals surface area contributed by atoms with Crippen LogP contribution in [0.2, 0.25) is 0 Å². The predicted octanol–water partition coefficient (Wildman–Crippen LogP) is 15.3. The Kier molecular flexibility index (Phi) is 16.3. The summed E-state index contributed by atoms with van der Waals surface area (Å²) in [7, 11) is 0. The highest BCUT2D eigenvalue weighted by atomic mass is 79.9. The quantitative estimate of drug-likeness (QED) is 0.103. The van der Waals surface area contributed by atoms with E-state index in [2.05, 4.69) is 47.3 Å². The second-order valence-corrected chi connectivity index (χ2v) is 21.5. The summed E-state index contributed by atoms with van der Waals surface area (Å²) in [6.07, 6.45) is 7.16. The van der Waals surface area contributed by atoms with Gasteiger partial charge in [0, 0.05) is 46.5 Å². The Balaban J connectivity index is 0.000000176. The molecular weight excluding hydrogens is 1040 g/mol. The van der Waals surface area contributed by atoms with Gasteiger partial charge in [-0.1, -0.05) is 98.0 Å². The van der Waals surface area contributed by atoms with Gasteiger partial charge in [0.15, 0.2) is 11.4 Å². The minimum Gasteiger partial charge on any atom is -0.443 e. The van der Waals surface area contributed by atoms with Gasteiger partial charge in [-0.05, 0) is 168 Å². The molecule has 14 nitrogen and oxygen atoms in total. The number of fused-ring (bicyclic) bond motifs is 2. The molecule has 10 aromatic rings. The van der Waals surface area contributed by atoms with Gasteiger partial charge in [-0.3, -0.25) is 9.78 Å². The van der Waals surface area contributed by atoms with Crippen molar-refractivity contribution >= 4 is 49.9 Å². The van der Waals surface area contributed by atoms with E-state index in [9.17, 15) is 14.7 Å². The maximum Gasteiger partial charge on any atom is 0.420 e. The summed E-state index contributed by atoms with van der Waals surface area (Å²) in [4.78, 5) is 49.1. The van der Waals surface area contributed by atoms with E-state index in [1.165, 1.54) is 5.56 Å². The molecule has 402 valence electrons. The molecule has 0 radical (unpaired) electrons. The molecule has 2 fully saturated rings. The van der Waals surface area contributed by atoms with Crippen molar-refractivity contribution in [3.05, 3.63) is 200 Å². The summed E-state index contributed by atoms with van der Waals surface area (Å²) in [5, 5.41) is 20.9. The molecule has 0 bridgehead atoms. The van der Waals surface area contributed by atoms with E-state index in [4.69, 9.17) is 23.8 Å². The molecule has 0 saturated heterocycles. The van der Waals surface area contributed by atoms with Gasteiger partial charge in [0.05, 0.1) is 39.2 Å². The molecule has 0 amide bonds. The monoisotopic (exact) mass is 1110 g/mol. The number of H-pyrrole nitrogens is 1. The van der Waals surface area contributed by atoms with Crippen LogP contribution in [0.4, 0.5) is 4.79 Å². The molecule has 12 rings (SSSR count). The van der Waals surface area contributed by atoms with E-state index in [1.54, 1.807) is 29.1 Å². The zero-order valence-corrected chi connectivity index (χ0v) is 45.6. The van der Waals surface area contributed by atoms with Crippen LogP contribution in [-0.4, -0.2) is 62.4 Å². The number of pyridine rings is 2. The number of ether oxygens (including phenoxy) is 1. The molecule has 6 aromatic heterocycles. The summed E-state index contributed by atoms with van der Waals surface area (Å²) in [5.41, 5.74) is 10.5. The second-order valence-electron chi connectivity index (χ2n) is 20.7. The minimum absolute atomic E-state index is 0. The molecule has 15 heteroatoms. The van der Waals surface area contributed by atoms with Gasteiger partial charge >= 0.3 is 6.09 Å². The molecular formula is C63H67BrN8O6. The van der Waals surface area contributed by atoms with Gasteiger partial charge in [0.25, 0.3) is 0 Å². The lowest BCUT2D eigenvalue weighted by atomic mass is 9.80. The summed E-state index contributed by atoms with van der Waals surface area (Å²) in [5.74, 6) is 3.45. The average molecular weight is 1110 g/mol. The SMILES string of the molecule is C.C.Cc1cccnc1Br.Cc1cccnc1C(O)(c1ccccc1)c1cc(-c2c(C)noc2C)cc2[nH]c(C3CC3)nc12.Cc1noc(C)c1-c1cc(C(=O)c2ccccc2)c2nc(C3CC3)n(C(=O)OC(C)(C)C)c2c1. The van der Waals surface area contributed by atoms with Gasteiger partial charge in [-0.2, -0.15) is 0 Å². The standard InChI is InChI=1S/C28H26N4O2.C27H27N3O4.C6H6BrN.2CH4/c1-16-8-7-13-29-26(16)28(33,21-9-5-4-6-10-21)22-14-20(24-17(2)32-34-18(24)3)15-23-25(22)31-27(30-23)19-11-12-19;1-15-22(16(2)34-29-15)19-13-20(24(31)17-9-7-6-8-10-17)23-21(14-19)30(25(28-23)18-11-12-18)26(32)33-27(3,4)5;1-5-3-2-4-8-6(5)7;;/h4-10,13-15,19,33H,11-12H2,1-3H3,(H,30,31);6-10,13-14,18H,11-12H2,1-5H3;2-4H,1H3;2*1H4. The van der Waals surface area contributed by atoms with E-state index in [0.717, 1.165) is 92.0 Å². The van der Waals surface area contributed by atoms with Crippen LogP contribution in [-0.2, 0) is 10.3 Å². The Bertz CT molecular complexity index is 3730. The maximum atomic E-state index is 13.7. The number of aryl methyl sites for hydroxylation is 6. The van der Waals surface area contributed by atoms with Crippen molar-refractivity contribution in [2.24, 2.45) is 0 Å². The third-order valence-electron chi connectivity index (χ3n) is 13.7. The summed E-state index contributed by atoms with van der Waals surface area (Å²) >= 11 is 3.28. The fourth-order valence-electron chi connectivity index (χ4n) is 9.70. The van der Waals surface area contributed by atoms with Gasteiger partial charge in [0.1, 0.15) is 38.9 Å². The van der Waals surface area contributed by atoms with E-state index in [1.807, 2.05) is 153 Å². The lowest BCUT2D eigenvalue weighted by Crippen LogP contribution is -2.31. The first-order valence-electron chi connectivity index (χ1n) is 25.5.